The molecule has 1 unspecified atom stereocenters. The third-order valence-corrected chi connectivity index (χ3v) is 3.04. The third-order valence-electron chi connectivity index (χ3n) is 3.04. The van der Waals surface area contributed by atoms with Crippen LogP contribution < -0.4 is 0 Å². The Hall–Kier alpha value is -1.81. The molecular weight excluding hydrogens is 265 g/mol. The number of aliphatic hydroxyl groups is 1. The van der Waals surface area contributed by atoms with E-state index in [-0.39, 0.29) is 0 Å². The fourth-order valence-corrected chi connectivity index (χ4v) is 2.03. The fourth-order valence-electron chi connectivity index (χ4n) is 2.03. The van der Waals surface area contributed by atoms with Crippen molar-refractivity contribution in [2.45, 2.75) is 25.1 Å². The molecule has 2 aromatic rings. The van der Waals surface area contributed by atoms with Gasteiger partial charge in [-0.25, -0.2) is 0 Å². The van der Waals surface area contributed by atoms with Gasteiger partial charge in [0, 0.05) is 0 Å². The normalized spacial score (nSPS) is 13.2. The molecule has 20 heavy (non-hydrogen) atoms. The number of aliphatic hydroxyl groups excluding tert-OH is 1. The predicted molar refractivity (Wildman–Crippen MR) is 71.3 cm³/mol. The quantitative estimate of drug-likeness (QED) is 0.887. The van der Waals surface area contributed by atoms with E-state index in [9.17, 15) is 18.3 Å². The molecule has 0 bridgehead atoms. The number of benzene rings is 2. The molecule has 0 fully saturated rings. The fraction of sp³-hybridized carbons (Fsp3) is 0.250. The van der Waals surface area contributed by atoms with E-state index in [1.54, 1.807) is 24.3 Å². The van der Waals surface area contributed by atoms with Crippen molar-refractivity contribution >= 4 is 0 Å². The van der Waals surface area contributed by atoms with E-state index in [4.69, 9.17) is 0 Å². The van der Waals surface area contributed by atoms with Crippen LogP contribution in [0.1, 0.15) is 29.2 Å². The topological polar surface area (TPSA) is 20.2 Å². The molecule has 0 aliphatic rings. The number of hydrogen-bond donors (Lipinski definition) is 1. The van der Waals surface area contributed by atoms with E-state index in [2.05, 4.69) is 0 Å². The Bertz CT molecular complexity index is 532. The van der Waals surface area contributed by atoms with E-state index < -0.39 is 18.7 Å². The SMILES string of the molecule is OC(CC(F)(F)F)c1ccc(Cc2ccccc2)cc1. The Morgan fingerprint density at radius 1 is 0.850 bits per heavy atom. The van der Waals surface area contributed by atoms with Crippen molar-refractivity contribution < 1.29 is 18.3 Å². The summed E-state index contributed by atoms with van der Waals surface area (Å²) >= 11 is 0. The summed E-state index contributed by atoms with van der Waals surface area (Å²) < 4.78 is 36.6. The van der Waals surface area contributed by atoms with E-state index in [0.29, 0.717) is 5.56 Å². The molecule has 2 aromatic carbocycles. The predicted octanol–water partition coefficient (Wildman–Crippen LogP) is 4.26. The van der Waals surface area contributed by atoms with Crippen molar-refractivity contribution in [3.8, 4) is 0 Å². The van der Waals surface area contributed by atoms with Crippen LogP contribution in [0.3, 0.4) is 0 Å². The van der Waals surface area contributed by atoms with Crippen LogP contribution in [0.4, 0.5) is 13.2 Å². The summed E-state index contributed by atoms with van der Waals surface area (Å²) in [5.74, 6) is 0. The highest BCUT2D eigenvalue weighted by Crippen LogP contribution is 2.29. The third kappa shape index (κ3) is 4.38. The first-order valence-electron chi connectivity index (χ1n) is 6.31. The lowest BCUT2D eigenvalue weighted by molar-refractivity contribution is -0.154. The molecular formula is C16H15F3O. The zero-order valence-corrected chi connectivity index (χ0v) is 10.8. The molecule has 106 valence electrons. The minimum Gasteiger partial charge on any atom is -0.388 e. The highest BCUT2D eigenvalue weighted by molar-refractivity contribution is 5.29. The first-order chi connectivity index (χ1) is 9.44. The molecule has 0 saturated carbocycles. The summed E-state index contributed by atoms with van der Waals surface area (Å²) in [5, 5.41) is 9.52. The van der Waals surface area contributed by atoms with Gasteiger partial charge in [-0.05, 0) is 23.1 Å². The first-order valence-corrected chi connectivity index (χ1v) is 6.31. The van der Waals surface area contributed by atoms with Gasteiger partial charge in [0.2, 0.25) is 0 Å². The van der Waals surface area contributed by atoms with Crippen molar-refractivity contribution in [3.05, 3.63) is 71.3 Å². The highest BCUT2D eigenvalue weighted by Gasteiger charge is 2.31. The molecule has 0 saturated heterocycles. The van der Waals surface area contributed by atoms with Crippen LogP contribution in [0.15, 0.2) is 54.6 Å². The van der Waals surface area contributed by atoms with E-state index in [0.717, 1.165) is 17.5 Å². The molecule has 0 amide bonds. The Kier molecular flexibility index (Phi) is 4.45. The number of alkyl halides is 3. The number of halogens is 3. The van der Waals surface area contributed by atoms with Gasteiger partial charge in [-0.3, -0.25) is 0 Å². The van der Waals surface area contributed by atoms with Crippen LogP contribution >= 0.6 is 0 Å². The zero-order valence-electron chi connectivity index (χ0n) is 10.8. The zero-order chi connectivity index (χ0) is 14.6. The maximum absolute atomic E-state index is 12.2. The number of hydrogen-bond acceptors (Lipinski definition) is 1. The molecule has 1 nitrogen and oxygen atoms in total. The molecule has 0 aliphatic carbocycles. The van der Waals surface area contributed by atoms with Crippen LogP contribution in [0.25, 0.3) is 0 Å². The summed E-state index contributed by atoms with van der Waals surface area (Å²) in [5.41, 5.74) is 2.43. The van der Waals surface area contributed by atoms with Crippen molar-refractivity contribution in [1.29, 1.82) is 0 Å². The van der Waals surface area contributed by atoms with Gasteiger partial charge in [0.1, 0.15) is 0 Å². The molecule has 1 N–H and O–H groups in total. The second-order valence-corrected chi connectivity index (χ2v) is 4.74. The van der Waals surface area contributed by atoms with Gasteiger partial charge in [0.25, 0.3) is 0 Å². The minimum atomic E-state index is -4.36. The standard InChI is InChI=1S/C16H15F3O/c17-16(18,19)11-15(20)14-8-6-13(7-9-14)10-12-4-2-1-3-5-12/h1-9,15,20H,10-11H2. The van der Waals surface area contributed by atoms with Crippen LogP contribution in [-0.4, -0.2) is 11.3 Å². The average molecular weight is 280 g/mol. The summed E-state index contributed by atoms with van der Waals surface area (Å²) in [7, 11) is 0. The van der Waals surface area contributed by atoms with Gasteiger partial charge >= 0.3 is 6.18 Å². The lowest BCUT2D eigenvalue weighted by atomic mass is 10.0. The first kappa shape index (κ1) is 14.6. The molecule has 0 aromatic heterocycles. The maximum atomic E-state index is 12.2. The van der Waals surface area contributed by atoms with Crippen LogP contribution in [0.2, 0.25) is 0 Å². The van der Waals surface area contributed by atoms with Gasteiger partial charge in [-0.2, -0.15) is 13.2 Å². The average Bonchev–Trinajstić information content (AvgIpc) is 2.39. The minimum absolute atomic E-state index is 0.291. The Labute approximate surface area is 115 Å². The molecule has 4 heteroatoms. The van der Waals surface area contributed by atoms with E-state index in [1.165, 1.54) is 0 Å². The van der Waals surface area contributed by atoms with Crippen molar-refractivity contribution in [2.75, 3.05) is 0 Å². The van der Waals surface area contributed by atoms with Gasteiger partial charge in [0.15, 0.2) is 0 Å². The lowest BCUT2D eigenvalue weighted by Crippen LogP contribution is -2.13. The molecule has 0 spiro atoms. The second kappa shape index (κ2) is 6.09. The van der Waals surface area contributed by atoms with Crippen LogP contribution in [0.5, 0.6) is 0 Å². The van der Waals surface area contributed by atoms with Crippen LogP contribution in [-0.2, 0) is 6.42 Å². The van der Waals surface area contributed by atoms with Gasteiger partial charge in [0.05, 0.1) is 12.5 Å². The summed E-state index contributed by atoms with van der Waals surface area (Å²) in [6, 6.07) is 16.4. The molecule has 0 radical (unpaired) electrons. The van der Waals surface area contributed by atoms with Crippen molar-refractivity contribution in [1.82, 2.24) is 0 Å². The van der Waals surface area contributed by atoms with E-state index in [1.807, 2.05) is 30.3 Å². The Balaban J connectivity index is 2.03. The summed E-state index contributed by atoms with van der Waals surface area (Å²) in [4.78, 5) is 0. The second-order valence-electron chi connectivity index (χ2n) is 4.74. The molecule has 1 atom stereocenters. The highest BCUT2D eigenvalue weighted by atomic mass is 19.4. The maximum Gasteiger partial charge on any atom is 0.391 e. The lowest BCUT2D eigenvalue weighted by Gasteiger charge is -2.13. The van der Waals surface area contributed by atoms with Crippen molar-refractivity contribution in [2.24, 2.45) is 0 Å². The number of rotatable bonds is 4. The smallest absolute Gasteiger partial charge is 0.388 e. The summed E-state index contributed by atoms with van der Waals surface area (Å²) in [6.07, 6.45) is -6.36. The Morgan fingerprint density at radius 3 is 1.95 bits per heavy atom. The van der Waals surface area contributed by atoms with Crippen LogP contribution in [0, 0.1) is 0 Å². The van der Waals surface area contributed by atoms with Gasteiger partial charge in [-0.1, -0.05) is 54.6 Å². The van der Waals surface area contributed by atoms with Gasteiger partial charge < -0.3 is 5.11 Å². The largest absolute Gasteiger partial charge is 0.391 e. The van der Waals surface area contributed by atoms with Gasteiger partial charge in [-0.15, -0.1) is 0 Å². The summed E-state index contributed by atoms with van der Waals surface area (Å²) in [6.45, 7) is 0. The molecule has 2 rings (SSSR count). The molecule has 0 aliphatic heterocycles. The van der Waals surface area contributed by atoms with Crippen molar-refractivity contribution in [3.63, 3.8) is 0 Å². The molecule has 0 heterocycles. The monoisotopic (exact) mass is 280 g/mol. The van der Waals surface area contributed by atoms with E-state index >= 15 is 0 Å². The Morgan fingerprint density at radius 2 is 1.40 bits per heavy atom.